The van der Waals surface area contributed by atoms with Crippen LogP contribution < -0.4 is 0 Å². The lowest BCUT2D eigenvalue weighted by Gasteiger charge is -2.12. The summed E-state index contributed by atoms with van der Waals surface area (Å²) >= 11 is 0. The zero-order chi connectivity index (χ0) is 10.3. The molecule has 0 aromatic carbocycles. The van der Waals surface area contributed by atoms with Gasteiger partial charge < -0.3 is 4.74 Å². The number of aromatic nitrogens is 4. The van der Waals surface area contributed by atoms with E-state index in [1.165, 1.54) is 0 Å². The summed E-state index contributed by atoms with van der Waals surface area (Å²) in [6.45, 7) is 2.09. The molecule has 5 heteroatoms. The van der Waals surface area contributed by atoms with Crippen molar-refractivity contribution < 1.29 is 4.74 Å². The first kappa shape index (κ1) is 8.79. The molecule has 3 heterocycles. The molecule has 15 heavy (non-hydrogen) atoms. The van der Waals surface area contributed by atoms with Crippen molar-refractivity contribution in [2.75, 3.05) is 0 Å². The fourth-order valence-electron chi connectivity index (χ4n) is 1.98. The third kappa shape index (κ3) is 1.39. The van der Waals surface area contributed by atoms with Gasteiger partial charge in [0.05, 0.1) is 18.6 Å². The summed E-state index contributed by atoms with van der Waals surface area (Å²) < 4.78 is 7.76. The first-order valence-electron chi connectivity index (χ1n) is 5.12. The highest BCUT2D eigenvalue weighted by atomic mass is 16.5. The van der Waals surface area contributed by atoms with Crippen LogP contribution in [0.4, 0.5) is 0 Å². The predicted molar refractivity (Wildman–Crippen MR) is 54.1 cm³/mol. The van der Waals surface area contributed by atoms with Gasteiger partial charge in [-0.1, -0.05) is 0 Å². The van der Waals surface area contributed by atoms with Crippen molar-refractivity contribution in [2.24, 2.45) is 0 Å². The molecule has 1 fully saturated rings. The quantitative estimate of drug-likeness (QED) is 0.706. The first-order chi connectivity index (χ1) is 7.34. The van der Waals surface area contributed by atoms with Gasteiger partial charge >= 0.3 is 0 Å². The summed E-state index contributed by atoms with van der Waals surface area (Å²) in [5.41, 5.74) is 1.67. The van der Waals surface area contributed by atoms with Gasteiger partial charge in [0.25, 0.3) is 0 Å². The average Bonchev–Trinajstić information content (AvgIpc) is 2.83. The minimum atomic E-state index is 0.0832. The van der Waals surface area contributed by atoms with Gasteiger partial charge in [-0.15, -0.1) is 0 Å². The molecule has 0 aliphatic carbocycles. The molecule has 1 aliphatic rings. The van der Waals surface area contributed by atoms with E-state index < -0.39 is 0 Å². The Morgan fingerprint density at radius 3 is 3.13 bits per heavy atom. The van der Waals surface area contributed by atoms with E-state index in [1.54, 1.807) is 18.9 Å². The van der Waals surface area contributed by atoms with Crippen LogP contribution >= 0.6 is 0 Å². The molecule has 0 spiro atoms. The molecular weight excluding hydrogens is 192 g/mol. The Morgan fingerprint density at radius 2 is 2.33 bits per heavy atom. The molecule has 2 aromatic heterocycles. The fourth-order valence-corrected chi connectivity index (χ4v) is 1.98. The average molecular weight is 204 g/mol. The number of ether oxygens (including phenoxy) is 1. The Kier molecular flexibility index (Phi) is 1.92. The lowest BCUT2D eigenvalue weighted by Crippen LogP contribution is -2.08. The monoisotopic (exact) mass is 204 g/mol. The predicted octanol–water partition coefficient (Wildman–Crippen LogP) is 1.52. The third-order valence-corrected chi connectivity index (χ3v) is 2.76. The minimum absolute atomic E-state index is 0.0832. The van der Waals surface area contributed by atoms with Crippen LogP contribution in [0.2, 0.25) is 0 Å². The van der Waals surface area contributed by atoms with Gasteiger partial charge in [-0.05, 0) is 19.8 Å². The van der Waals surface area contributed by atoms with Crippen molar-refractivity contribution in [3.63, 3.8) is 0 Å². The SMILES string of the molecule is C[C@@H]1CC[C@H](n2cnc3cncnc32)O1. The largest absolute Gasteiger partial charge is 0.355 e. The number of rotatable bonds is 1. The molecule has 2 aromatic rings. The van der Waals surface area contributed by atoms with Gasteiger partial charge in [0.1, 0.15) is 18.1 Å². The molecule has 1 saturated heterocycles. The summed E-state index contributed by atoms with van der Waals surface area (Å²) in [7, 11) is 0. The van der Waals surface area contributed by atoms with E-state index in [-0.39, 0.29) is 6.23 Å². The second kappa shape index (κ2) is 3.27. The lowest BCUT2D eigenvalue weighted by molar-refractivity contribution is 0.0131. The number of imidazole rings is 1. The van der Waals surface area contributed by atoms with Crippen LogP contribution in [-0.2, 0) is 4.74 Å². The molecular formula is C10H12N4O. The van der Waals surface area contributed by atoms with Crippen LogP contribution in [-0.4, -0.2) is 25.6 Å². The van der Waals surface area contributed by atoms with Gasteiger partial charge in [-0.25, -0.2) is 15.0 Å². The van der Waals surface area contributed by atoms with Crippen molar-refractivity contribution >= 4 is 11.2 Å². The van der Waals surface area contributed by atoms with Crippen LogP contribution in [0, 0.1) is 0 Å². The highest BCUT2D eigenvalue weighted by Gasteiger charge is 2.24. The van der Waals surface area contributed by atoms with Crippen LogP contribution in [0.25, 0.3) is 11.2 Å². The lowest BCUT2D eigenvalue weighted by atomic mass is 10.2. The Morgan fingerprint density at radius 1 is 1.40 bits per heavy atom. The highest BCUT2D eigenvalue weighted by molar-refractivity contribution is 5.68. The third-order valence-electron chi connectivity index (χ3n) is 2.76. The van der Waals surface area contributed by atoms with Crippen LogP contribution in [0.5, 0.6) is 0 Å². The number of hydrogen-bond acceptors (Lipinski definition) is 4. The van der Waals surface area contributed by atoms with Crippen LogP contribution in [0.1, 0.15) is 26.0 Å². The smallest absolute Gasteiger partial charge is 0.165 e. The highest BCUT2D eigenvalue weighted by Crippen LogP contribution is 2.29. The van der Waals surface area contributed by atoms with Crippen molar-refractivity contribution in [1.82, 2.24) is 19.5 Å². The molecule has 0 unspecified atom stereocenters. The van der Waals surface area contributed by atoms with Gasteiger partial charge in [-0.2, -0.15) is 0 Å². The molecule has 3 rings (SSSR count). The summed E-state index contributed by atoms with van der Waals surface area (Å²) in [6.07, 6.45) is 7.57. The summed E-state index contributed by atoms with van der Waals surface area (Å²) in [6, 6.07) is 0. The molecule has 0 radical (unpaired) electrons. The molecule has 0 N–H and O–H groups in total. The van der Waals surface area contributed by atoms with Crippen LogP contribution in [0.3, 0.4) is 0 Å². The van der Waals surface area contributed by atoms with Gasteiger partial charge in [-0.3, -0.25) is 4.57 Å². The number of nitrogens with zero attached hydrogens (tertiary/aromatic N) is 4. The molecule has 0 saturated carbocycles. The van der Waals surface area contributed by atoms with E-state index in [0.717, 1.165) is 24.0 Å². The number of hydrogen-bond donors (Lipinski definition) is 0. The molecule has 0 bridgehead atoms. The van der Waals surface area contributed by atoms with Crippen molar-refractivity contribution in [1.29, 1.82) is 0 Å². The second-order valence-corrected chi connectivity index (χ2v) is 3.86. The Labute approximate surface area is 87.1 Å². The minimum Gasteiger partial charge on any atom is -0.355 e. The standard InChI is InChI=1S/C10H12N4O/c1-7-2-3-9(15-7)14-6-13-8-4-11-5-12-10(8)14/h4-7,9H,2-3H2,1H3/t7-,9-/m1/s1. The van der Waals surface area contributed by atoms with E-state index in [4.69, 9.17) is 4.74 Å². The van der Waals surface area contributed by atoms with E-state index in [1.807, 2.05) is 4.57 Å². The normalized spacial score (nSPS) is 26.2. The van der Waals surface area contributed by atoms with Crippen molar-refractivity contribution in [3.8, 4) is 0 Å². The molecule has 78 valence electrons. The Bertz CT molecular complexity index is 481. The maximum atomic E-state index is 5.78. The zero-order valence-electron chi connectivity index (χ0n) is 8.50. The van der Waals surface area contributed by atoms with E-state index in [9.17, 15) is 0 Å². The summed E-state index contributed by atoms with van der Waals surface area (Å²) in [5.74, 6) is 0. The molecule has 2 atom stereocenters. The summed E-state index contributed by atoms with van der Waals surface area (Å²) in [4.78, 5) is 12.4. The van der Waals surface area contributed by atoms with Crippen molar-refractivity contribution in [2.45, 2.75) is 32.1 Å². The maximum Gasteiger partial charge on any atom is 0.165 e. The van der Waals surface area contributed by atoms with Gasteiger partial charge in [0, 0.05) is 0 Å². The molecule has 1 aliphatic heterocycles. The number of fused-ring (bicyclic) bond motifs is 1. The van der Waals surface area contributed by atoms with Crippen molar-refractivity contribution in [3.05, 3.63) is 18.9 Å². The molecule has 5 nitrogen and oxygen atoms in total. The zero-order valence-corrected chi connectivity index (χ0v) is 8.50. The van der Waals surface area contributed by atoms with Gasteiger partial charge in [0.15, 0.2) is 5.65 Å². The second-order valence-electron chi connectivity index (χ2n) is 3.86. The van der Waals surface area contributed by atoms with E-state index >= 15 is 0 Å². The first-order valence-corrected chi connectivity index (χ1v) is 5.12. The van der Waals surface area contributed by atoms with E-state index in [2.05, 4.69) is 21.9 Å². The topological polar surface area (TPSA) is 52.8 Å². The Hall–Kier alpha value is -1.49. The maximum absolute atomic E-state index is 5.78. The van der Waals surface area contributed by atoms with Gasteiger partial charge in [0.2, 0.25) is 0 Å². The fraction of sp³-hybridized carbons (Fsp3) is 0.500. The Balaban J connectivity index is 2.04. The summed E-state index contributed by atoms with van der Waals surface area (Å²) in [5, 5.41) is 0. The van der Waals surface area contributed by atoms with Crippen LogP contribution in [0.15, 0.2) is 18.9 Å². The molecule has 0 amide bonds. The van der Waals surface area contributed by atoms with E-state index in [0.29, 0.717) is 6.10 Å².